The van der Waals surface area contributed by atoms with E-state index in [0.717, 1.165) is 24.0 Å². The molecule has 22 heavy (non-hydrogen) atoms. The van der Waals surface area contributed by atoms with Crippen molar-refractivity contribution in [1.29, 1.82) is 0 Å². The Morgan fingerprint density at radius 2 is 1.82 bits per heavy atom. The molecule has 1 aliphatic carbocycles. The summed E-state index contributed by atoms with van der Waals surface area (Å²) in [5.74, 6) is -1.05. The number of ketones is 1. The number of carbonyl (C=O) groups excluding carboxylic acids is 2. The van der Waals surface area contributed by atoms with Gasteiger partial charge in [0.15, 0.2) is 0 Å². The van der Waals surface area contributed by atoms with Gasteiger partial charge in [0.1, 0.15) is 0 Å². The van der Waals surface area contributed by atoms with E-state index in [0.29, 0.717) is 19.6 Å². The third-order valence-electron chi connectivity index (χ3n) is 4.72. The molecule has 2 fully saturated rings. The van der Waals surface area contributed by atoms with Crippen LogP contribution in [0.5, 0.6) is 0 Å². The van der Waals surface area contributed by atoms with Crippen molar-refractivity contribution >= 4 is 22.6 Å². The van der Waals surface area contributed by atoms with E-state index in [4.69, 9.17) is 21.1 Å². The molecule has 0 aromatic heterocycles. The second-order valence-electron chi connectivity index (χ2n) is 6.19. The SMILES string of the molecule is CC1(c2ccc(CC(=O)Cl)cc2)CCCC2(OCCO2)C1=O. The van der Waals surface area contributed by atoms with E-state index in [2.05, 4.69) is 0 Å². The molecule has 1 aromatic rings. The van der Waals surface area contributed by atoms with Gasteiger partial charge in [0.25, 0.3) is 0 Å². The molecule has 2 aliphatic rings. The fourth-order valence-electron chi connectivity index (χ4n) is 3.48. The van der Waals surface area contributed by atoms with E-state index in [9.17, 15) is 9.59 Å². The first-order valence-corrected chi connectivity index (χ1v) is 7.95. The van der Waals surface area contributed by atoms with Crippen molar-refractivity contribution in [2.24, 2.45) is 0 Å². The Bertz CT molecular complexity index is 589. The zero-order valence-electron chi connectivity index (χ0n) is 12.6. The van der Waals surface area contributed by atoms with Gasteiger partial charge in [-0.15, -0.1) is 0 Å². The highest BCUT2D eigenvalue weighted by atomic mass is 35.5. The van der Waals surface area contributed by atoms with Gasteiger partial charge < -0.3 is 9.47 Å². The van der Waals surface area contributed by atoms with Gasteiger partial charge in [-0.1, -0.05) is 24.3 Å². The van der Waals surface area contributed by atoms with Gasteiger partial charge in [-0.3, -0.25) is 9.59 Å². The minimum atomic E-state index is -1.06. The molecule has 0 amide bonds. The smallest absolute Gasteiger partial charge is 0.230 e. The standard InChI is InChI=1S/C17H19ClO4/c1-16(13-5-3-12(4-6-13)11-14(18)19)7-2-8-17(15(16)20)21-9-10-22-17/h3-6H,2,7-11H2,1H3. The van der Waals surface area contributed by atoms with E-state index in [1.54, 1.807) is 0 Å². The average molecular weight is 323 g/mol. The minimum Gasteiger partial charge on any atom is -0.341 e. The lowest BCUT2D eigenvalue weighted by atomic mass is 9.67. The molecule has 118 valence electrons. The fourth-order valence-corrected chi connectivity index (χ4v) is 3.63. The van der Waals surface area contributed by atoms with Crippen LogP contribution in [-0.4, -0.2) is 30.0 Å². The zero-order valence-corrected chi connectivity index (χ0v) is 13.3. The van der Waals surface area contributed by atoms with E-state index < -0.39 is 11.2 Å². The molecule has 0 radical (unpaired) electrons. The van der Waals surface area contributed by atoms with Crippen molar-refractivity contribution < 1.29 is 19.1 Å². The minimum absolute atomic E-state index is 0.00456. The highest BCUT2D eigenvalue weighted by molar-refractivity contribution is 6.63. The molecule has 0 bridgehead atoms. The maximum Gasteiger partial charge on any atom is 0.230 e. The first-order valence-electron chi connectivity index (χ1n) is 7.57. The van der Waals surface area contributed by atoms with Crippen LogP contribution in [0.25, 0.3) is 0 Å². The lowest BCUT2D eigenvalue weighted by Gasteiger charge is -2.41. The van der Waals surface area contributed by atoms with Gasteiger partial charge in [0.2, 0.25) is 16.8 Å². The van der Waals surface area contributed by atoms with Crippen molar-refractivity contribution in [2.45, 2.75) is 43.8 Å². The van der Waals surface area contributed by atoms with Crippen LogP contribution in [0.15, 0.2) is 24.3 Å². The molecular formula is C17H19ClO4. The monoisotopic (exact) mass is 322 g/mol. The normalized spacial score (nSPS) is 27.3. The third kappa shape index (κ3) is 2.60. The Kier molecular flexibility index (Phi) is 4.10. The molecule has 1 aliphatic heterocycles. The zero-order chi connectivity index (χ0) is 15.8. The molecule has 0 N–H and O–H groups in total. The van der Waals surface area contributed by atoms with Gasteiger partial charge in [-0.25, -0.2) is 0 Å². The maximum absolute atomic E-state index is 13.0. The first-order chi connectivity index (χ1) is 10.5. The summed E-state index contributed by atoms with van der Waals surface area (Å²) in [6.45, 7) is 2.89. The Morgan fingerprint density at radius 1 is 1.18 bits per heavy atom. The van der Waals surface area contributed by atoms with Crippen LogP contribution in [0.3, 0.4) is 0 Å². The quantitative estimate of drug-likeness (QED) is 0.803. The van der Waals surface area contributed by atoms with Gasteiger partial charge in [0.05, 0.1) is 18.6 Å². The van der Waals surface area contributed by atoms with E-state index in [1.807, 2.05) is 31.2 Å². The maximum atomic E-state index is 13.0. The predicted octanol–water partition coefficient (Wildman–Crippen LogP) is 2.75. The molecule has 1 heterocycles. The predicted molar refractivity (Wildman–Crippen MR) is 81.9 cm³/mol. The summed E-state index contributed by atoms with van der Waals surface area (Å²) in [6.07, 6.45) is 2.47. The molecule has 4 nitrogen and oxygen atoms in total. The summed E-state index contributed by atoms with van der Waals surface area (Å²) in [5.41, 5.74) is 1.16. The Hall–Kier alpha value is -1.23. The molecule has 5 heteroatoms. The molecule has 1 saturated carbocycles. The topological polar surface area (TPSA) is 52.6 Å². The van der Waals surface area contributed by atoms with Gasteiger partial charge in [-0.2, -0.15) is 0 Å². The van der Waals surface area contributed by atoms with Gasteiger partial charge >= 0.3 is 0 Å². The number of rotatable bonds is 3. The van der Waals surface area contributed by atoms with Gasteiger partial charge in [-0.05, 0) is 42.5 Å². The van der Waals surface area contributed by atoms with Crippen LogP contribution in [0.4, 0.5) is 0 Å². The first kappa shape index (κ1) is 15.7. The van der Waals surface area contributed by atoms with Crippen LogP contribution >= 0.6 is 11.6 Å². The van der Waals surface area contributed by atoms with Crippen LogP contribution in [-0.2, 0) is 30.9 Å². The Morgan fingerprint density at radius 3 is 2.41 bits per heavy atom. The Balaban J connectivity index is 1.88. The number of Topliss-reactive ketones (excluding diaryl/α,β-unsaturated/α-hetero) is 1. The van der Waals surface area contributed by atoms with Crippen LogP contribution in [0.2, 0.25) is 0 Å². The molecule has 1 saturated heterocycles. The summed E-state index contributed by atoms with van der Waals surface area (Å²) >= 11 is 5.41. The summed E-state index contributed by atoms with van der Waals surface area (Å²) in [6, 6.07) is 7.51. The third-order valence-corrected chi connectivity index (χ3v) is 4.85. The largest absolute Gasteiger partial charge is 0.341 e. The number of ether oxygens (including phenoxy) is 2. The van der Waals surface area contributed by atoms with E-state index in [1.165, 1.54) is 0 Å². The molecule has 1 spiro atoms. The molecule has 1 unspecified atom stereocenters. The Labute approximate surface area is 134 Å². The summed E-state index contributed by atoms with van der Waals surface area (Å²) in [7, 11) is 0. The molecule has 1 aromatic carbocycles. The number of halogens is 1. The van der Waals surface area contributed by atoms with E-state index in [-0.39, 0.29) is 17.4 Å². The number of benzene rings is 1. The highest BCUT2D eigenvalue weighted by Crippen LogP contribution is 2.44. The van der Waals surface area contributed by atoms with Gasteiger partial charge in [0, 0.05) is 12.8 Å². The van der Waals surface area contributed by atoms with Crippen molar-refractivity contribution in [3.05, 3.63) is 35.4 Å². The second-order valence-corrected chi connectivity index (χ2v) is 6.62. The summed E-state index contributed by atoms with van der Waals surface area (Å²) < 4.78 is 11.3. The van der Waals surface area contributed by atoms with Crippen LogP contribution in [0, 0.1) is 0 Å². The lowest BCUT2D eigenvalue weighted by Crippen LogP contribution is -2.53. The molecular weight excluding hydrogens is 304 g/mol. The fraction of sp³-hybridized carbons (Fsp3) is 0.529. The molecule has 1 atom stereocenters. The van der Waals surface area contributed by atoms with Crippen molar-refractivity contribution in [2.75, 3.05) is 13.2 Å². The highest BCUT2D eigenvalue weighted by Gasteiger charge is 2.55. The van der Waals surface area contributed by atoms with Crippen molar-refractivity contribution in [1.82, 2.24) is 0 Å². The van der Waals surface area contributed by atoms with Crippen molar-refractivity contribution in [3.8, 4) is 0 Å². The number of carbonyl (C=O) groups is 2. The van der Waals surface area contributed by atoms with Crippen LogP contribution in [0.1, 0.15) is 37.3 Å². The van der Waals surface area contributed by atoms with E-state index >= 15 is 0 Å². The lowest BCUT2D eigenvalue weighted by molar-refractivity contribution is -0.195. The number of hydrogen-bond donors (Lipinski definition) is 0. The summed E-state index contributed by atoms with van der Waals surface area (Å²) in [4.78, 5) is 24.0. The summed E-state index contributed by atoms with van der Waals surface area (Å²) in [5, 5.41) is -0.389. The number of hydrogen-bond acceptors (Lipinski definition) is 4. The van der Waals surface area contributed by atoms with Crippen molar-refractivity contribution in [3.63, 3.8) is 0 Å². The van der Waals surface area contributed by atoms with Crippen LogP contribution < -0.4 is 0 Å². The molecule has 3 rings (SSSR count). The second kappa shape index (κ2) is 5.76. The average Bonchev–Trinajstić information content (AvgIpc) is 2.94.